The topological polar surface area (TPSA) is 81.7 Å². The summed E-state index contributed by atoms with van der Waals surface area (Å²) < 4.78 is 0. The predicted octanol–water partition coefficient (Wildman–Crippen LogP) is 1.66. The number of carbonyl (C=O) groups is 2. The summed E-state index contributed by atoms with van der Waals surface area (Å²) >= 11 is 0. The first-order valence-electron chi connectivity index (χ1n) is 8.06. The number of aliphatic carboxylic acids is 1. The molecule has 2 amide bonds. The first kappa shape index (κ1) is 17.8. The monoisotopic (exact) mass is 299 g/mol. The van der Waals surface area contributed by atoms with Gasteiger partial charge in [-0.1, -0.05) is 20.3 Å². The summed E-state index contributed by atoms with van der Waals surface area (Å²) in [6.07, 6.45) is 4.48. The van der Waals surface area contributed by atoms with Crippen LogP contribution in [-0.2, 0) is 4.79 Å². The summed E-state index contributed by atoms with van der Waals surface area (Å²) in [6.45, 7) is 7.48. The molecule has 1 fully saturated rings. The van der Waals surface area contributed by atoms with Gasteiger partial charge in [0.1, 0.15) is 0 Å². The smallest absolute Gasteiger partial charge is 0.315 e. The lowest BCUT2D eigenvalue weighted by molar-refractivity contribution is -0.141. The van der Waals surface area contributed by atoms with E-state index in [0.717, 1.165) is 45.3 Å². The second kappa shape index (κ2) is 9.60. The third-order valence-corrected chi connectivity index (χ3v) is 3.96. The van der Waals surface area contributed by atoms with Crippen molar-refractivity contribution in [3.8, 4) is 0 Å². The Kier molecular flexibility index (Phi) is 8.12. The molecule has 0 radical (unpaired) electrons. The molecule has 6 heteroatoms. The molecule has 1 atom stereocenters. The molecule has 0 saturated carbocycles. The predicted molar refractivity (Wildman–Crippen MR) is 82.3 cm³/mol. The number of hydrogen-bond donors (Lipinski definition) is 3. The molecule has 1 saturated heterocycles. The summed E-state index contributed by atoms with van der Waals surface area (Å²) in [7, 11) is 0. The number of hydrogen-bond acceptors (Lipinski definition) is 3. The molecule has 3 N–H and O–H groups in total. The number of amides is 2. The lowest BCUT2D eigenvalue weighted by Crippen LogP contribution is -2.49. The van der Waals surface area contributed by atoms with Gasteiger partial charge in [0.25, 0.3) is 0 Å². The SMILES string of the molecule is CCCC(CNC(=O)NC1CCN(CCC)CC1)C(=O)O. The molecule has 0 spiro atoms. The number of urea groups is 1. The fourth-order valence-electron chi connectivity index (χ4n) is 2.73. The maximum atomic E-state index is 11.8. The van der Waals surface area contributed by atoms with E-state index >= 15 is 0 Å². The minimum absolute atomic E-state index is 0.198. The van der Waals surface area contributed by atoms with E-state index in [0.29, 0.717) is 6.42 Å². The molecule has 1 unspecified atom stereocenters. The standard InChI is InChI=1S/C15H29N3O3/c1-3-5-12(14(19)20)11-16-15(21)17-13-6-9-18(8-4-2)10-7-13/h12-13H,3-11H2,1-2H3,(H,19,20)(H2,16,17,21). The first-order valence-corrected chi connectivity index (χ1v) is 8.06. The van der Waals surface area contributed by atoms with E-state index < -0.39 is 11.9 Å². The molecule has 122 valence electrons. The molecule has 1 rings (SSSR count). The number of carboxylic acid groups (broad SMARTS) is 1. The van der Waals surface area contributed by atoms with Crippen molar-refractivity contribution in [2.45, 2.75) is 52.0 Å². The van der Waals surface area contributed by atoms with Crippen LogP contribution in [0.25, 0.3) is 0 Å². The van der Waals surface area contributed by atoms with Crippen LogP contribution in [0.4, 0.5) is 4.79 Å². The molecule has 1 aliphatic rings. The Hall–Kier alpha value is -1.30. The Balaban J connectivity index is 2.23. The van der Waals surface area contributed by atoms with Gasteiger partial charge < -0.3 is 20.6 Å². The van der Waals surface area contributed by atoms with Gasteiger partial charge in [-0.25, -0.2) is 4.79 Å². The molecule has 0 aromatic carbocycles. The Labute approximate surface area is 127 Å². The molecule has 0 aromatic rings. The molecule has 0 aliphatic carbocycles. The van der Waals surface area contributed by atoms with Gasteiger partial charge in [0.15, 0.2) is 0 Å². The van der Waals surface area contributed by atoms with Gasteiger partial charge in [-0.15, -0.1) is 0 Å². The van der Waals surface area contributed by atoms with Crippen molar-refractivity contribution < 1.29 is 14.7 Å². The van der Waals surface area contributed by atoms with Gasteiger partial charge in [0.05, 0.1) is 5.92 Å². The number of rotatable bonds is 8. The van der Waals surface area contributed by atoms with Crippen LogP contribution in [0.2, 0.25) is 0 Å². The normalized spacial score (nSPS) is 18.2. The molecular formula is C15H29N3O3. The van der Waals surface area contributed by atoms with Crippen molar-refractivity contribution in [2.75, 3.05) is 26.2 Å². The van der Waals surface area contributed by atoms with Crippen LogP contribution in [0.1, 0.15) is 46.0 Å². The van der Waals surface area contributed by atoms with Gasteiger partial charge in [0.2, 0.25) is 0 Å². The van der Waals surface area contributed by atoms with Crippen molar-refractivity contribution in [1.82, 2.24) is 15.5 Å². The Morgan fingerprint density at radius 2 is 1.90 bits per heavy atom. The van der Waals surface area contributed by atoms with Crippen LogP contribution in [0.15, 0.2) is 0 Å². The highest BCUT2D eigenvalue weighted by Crippen LogP contribution is 2.10. The van der Waals surface area contributed by atoms with Crippen molar-refractivity contribution in [2.24, 2.45) is 5.92 Å². The summed E-state index contributed by atoms with van der Waals surface area (Å²) in [5.74, 6) is -1.34. The van der Waals surface area contributed by atoms with E-state index in [-0.39, 0.29) is 18.6 Å². The molecule has 1 aliphatic heterocycles. The van der Waals surface area contributed by atoms with Gasteiger partial charge in [-0.3, -0.25) is 4.79 Å². The van der Waals surface area contributed by atoms with E-state index in [4.69, 9.17) is 5.11 Å². The third kappa shape index (κ3) is 6.80. The number of carbonyl (C=O) groups excluding carboxylic acids is 1. The van der Waals surface area contributed by atoms with E-state index in [1.54, 1.807) is 0 Å². The van der Waals surface area contributed by atoms with Gasteiger partial charge in [-0.2, -0.15) is 0 Å². The van der Waals surface area contributed by atoms with Crippen LogP contribution in [0.5, 0.6) is 0 Å². The lowest BCUT2D eigenvalue weighted by atomic mass is 10.0. The highest BCUT2D eigenvalue weighted by atomic mass is 16.4. The Bertz CT molecular complexity index is 328. The van der Waals surface area contributed by atoms with E-state index in [9.17, 15) is 9.59 Å². The van der Waals surface area contributed by atoms with Crippen LogP contribution in [0.3, 0.4) is 0 Å². The summed E-state index contributed by atoms with van der Waals surface area (Å²) in [5.41, 5.74) is 0. The second-order valence-electron chi connectivity index (χ2n) is 5.79. The molecule has 6 nitrogen and oxygen atoms in total. The first-order chi connectivity index (χ1) is 10.1. The average Bonchev–Trinajstić information content (AvgIpc) is 2.45. The van der Waals surface area contributed by atoms with Gasteiger partial charge >= 0.3 is 12.0 Å². The number of likely N-dealkylation sites (tertiary alicyclic amines) is 1. The molecule has 21 heavy (non-hydrogen) atoms. The summed E-state index contributed by atoms with van der Waals surface area (Å²) in [6, 6.07) is -0.0427. The average molecular weight is 299 g/mol. The molecular weight excluding hydrogens is 270 g/mol. The maximum Gasteiger partial charge on any atom is 0.315 e. The minimum Gasteiger partial charge on any atom is -0.481 e. The van der Waals surface area contributed by atoms with Crippen LogP contribution in [0, 0.1) is 5.92 Å². The summed E-state index contributed by atoms with van der Waals surface area (Å²) in [4.78, 5) is 25.2. The van der Waals surface area contributed by atoms with Crippen LogP contribution >= 0.6 is 0 Å². The lowest BCUT2D eigenvalue weighted by Gasteiger charge is -2.32. The zero-order chi connectivity index (χ0) is 15.7. The second-order valence-corrected chi connectivity index (χ2v) is 5.79. The Morgan fingerprint density at radius 3 is 2.43 bits per heavy atom. The molecule has 0 aromatic heterocycles. The fraction of sp³-hybridized carbons (Fsp3) is 0.867. The zero-order valence-electron chi connectivity index (χ0n) is 13.2. The number of nitrogens with zero attached hydrogens (tertiary/aromatic N) is 1. The molecule has 1 heterocycles. The van der Waals surface area contributed by atoms with E-state index in [1.807, 2.05) is 6.92 Å². The maximum absolute atomic E-state index is 11.8. The largest absolute Gasteiger partial charge is 0.481 e. The highest BCUT2D eigenvalue weighted by Gasteiger charge is 2.21. The van der Waals surface area contributed by atoms with Crippen LogP contribution in [-0.4, -0.2) is 54.2 Å². The number of nitrogens with one attached hydrogen (secondary N) is 2. The van der Waals surface area contributed by atoms with Gasteiger partial charge in [-0.05, 0) is 32.2 Å². The Morgan fingerprint density at radius 1 is 1.24 bits per heavy atom. The van der Waals surface area contributed by atoms with E-state index in [1.165, 1.54) is 0 Å². The van der Waals surface area contributed by atoms with Gasteiger partial charge in [0, 0.05) is 25.7 Å². The summed E-state index contributed by atoms with van der Waals surface area (Å²) in [5, 5.41) is 14.7. The minimum atomic E-state index is -0.843. The van der Waals surface area contributed by atoms with Crippen LogP contribution < -0.4 is 10.6 Å². The van der Waals surface area contributed by atoms with Crippen molar-refractivity contribution in [1.29, 1.82) is 0 Å². The molecule has 0 bridgehead atoms. The fourth-order valence-corrected chi connectivity index (χ4v) is 2.73. The van der Waals surface area contributed by atoms with E-state index in [2.05, 4.69) is 22.5 Å². The van der Waals surface area contributed by atoms with Crippen molar-refractivity contribution in [3.63, 3.8) is 0 Å². The van der Waals surface area contributed by atoms with Crippen molar-refractivity contribution >= 4 is 12.0 Å². The third-order valence-electron chi connectivity index (χ3n) is 3.96. The number of carboxylic acids is 1. The number of piperidine rings is 1. The highest BCUT2D eigenvalue weighted by molar-refractivity contribution is 5.76. The zero-order valence-corrected chi connectivity index (χ0v) is 13.2. The van der Waals surface area contributed by atoms with Crippen molar-refractivity contribution in [3.05, 3.63) is 0 Å². The quantitative estimate of drug-likeness (QED) is 0.636.